The van der Waals surface area contributed by atoms with Gasteiger partial charge in [-0.2, -0.15) is 0 Å². The highest BCUT2D eigenvalue weighted by molar-refractivity contribution is 6.02. The van der Waals surface area contributed by atoms with Gasteiger partial charge in [0.15, 0.2) is 11.5 Å². The van der Waals surface area contributed by atoms with Crippen molar-refractivity contribution < 1.29 is 28.2 Å². The second-order valence-electron chi connectivity index (χ2n) is 5.06. The second-order valence-corrected chi connectivity index (χ2v) is 5.06. The summed E-state index contributed by atoms with van der Waals surface area (Å²) >= 11 is 0. The zero-order chi connectivity index (χ0) is 18.4. The normalized spacial score (nSPS) is 10.1. The van der Waals surface area contributed by atoms with E-state index in [0.717, 1.165) is 0 Å². The van der Waals surface area contributed by atoms with E-state index in [1.54, 1.807) is 12.1 Å². The number of anilines is 1. The lowest BCUT2D eigenvalue weighted by atomic mass is 10.1. The number of hydrogen-bond donors (Lipinski definition) is 1. The maximum atomic E-state index is 13.7. The molecule has 132 valence electrons. The molecular weight excluding hydrogens is 329 g/mol. The minimum atomic E-state index is -0.651. The van der Waals surface area contributed by atoms with Crippen LogP contribution < -0.4 is 14.8 Å². The lowest BCUT2D eigenvalue weighted by molar-refractivity contribution is -0.115. The summed E-state index contributed by atoms with van der Waals surface area (Å²) in [5.41, 5.74) is 0.535. The maximum Gasteiger partial charge on any atom is 0.340 e. The van der Waals surface area contributed by atoms with Crippen LogP contribution in [0.2, 0.25) is 0 Å². The molecule has 2 rings (SSSR count). The summed E-state index contributed by atoms with van der Waals surface area (Å²) in [6, 6.07) is 8.83. The fraction of sp³-hybridized carbons (Fsp3) is 0.222. The van der Waals surface area contributed by atoms with E-state index in [4.69, 9.17) is 14.2 Å². The van der Waals surface area contributed by atoms with Crippen molar-refractivity contribution >= 4 is 17.6 Å². The summed E-state index contributed by atoms with van der Waals surface area (Å²) < 4.78 is 28.7. The van der Waals surface area contributed by atoms with Crippen LogP contribution in [-0.2, 0) is 16.0 Å². The van der Waals surface area contributed by atoms with Crippen LogP contribution in [0.25, 0.3) is 0 Å². The summed E-state index contributed by atoms with van der Waals surface area (Å²) in [6.45, 7) is 0. The molecule has 0 saturated heterocycles. The summed E-state index contributed by atoms with van der Waals surface area (Å²) in [4.78, 5) is 24.2. The topological polar surface area (TPSA) is 73.9 Å². The van der Waals surface area contributed by atoms with Gasteiger partial charge in [0.1, 0.15) is 5.82 Å². The van der Waals surface area contributed by atoms with Gasteiger partial charge in [-0.15, -0.1) is 0 Å². The Labute approximate surface area is 144 Å². The predicted octanol–water partition coefficient (Wildman–Crippen LogP) is 2.81. The van der Waals surface area contributed by atoms with Crippen LogP contribution in [-0.4, -0.2) is 33.2 Å². The highest BCUT2D eigenvalue weighted by atomic mass is 19.1. The Morgan fingerprint density at radius 2 is 1.68 bits per heavy atom. The molecular formula is C18H18FNO5. The lowest BCUT2D eigenvalue weighted by Gasteiger charge is -2.14. The number of methoxy groups -OCH3 is 3. The van der Waals surface area contributed by atoms with Crippen LogP contribution in [0.4, 0.5) is 10.1 Å². The molecule has 0 saturated carbocycles. The molecule has 0 radical (unpaired) electrons. The first kappa shape index (κ1) is 18.3. The molecule has 0 fully saturated rings. The van der Waals surface area contributed by atoms with Crippen LogP contribution in [0, 0.1) is 5.82 Å². The molecule has 0 aliphatic heterocycles. The van der Waals surface area contributed by atoms with E-state index in [9.17, 15) is 14.0 Å². The summed E-state index contributed by atoms with van der Waals surface area (Å²) in [5, 5.41) is 2.59. The van der Waals surface area contributed by atoms with Crippen molar-refractivity contribution in [2.45, 2.75) is 6.42 Å². The fourth-order valence-corrected chi connectivity index (χ4v) is 2.27. The Bertz CT molecular complexity index is 791. The molecule has 0 aromatic heterocycles. The molecule has 6 nitrogen and oxygen atoms in total. The van der Waals surface area contributed by atoms with Crippen LogP contribution in [0.3, 0.4) is 0 Å². The maximum absolute atomic E-state index is 13.7. The van der Waals surface area contributed by atoms with Gasteiger partial charge < -0.3 is 19.5 Å². The van der Waals surface area contributed by atoms with E-state index < -0.39 is 17.7 Å². The van der Waals surface area contributed by atoms with Crippen molar-refractivity contribution in [1.29, 1.82) is 0 Å². The molecule has 1 amide bonds. The van der Waals surface area contributed by atoms with Crippen molar-refractivity contribution in [3.8, 4) is 11.5 Å². The van der Waals surface area contributed by atoms with Gasteiger partial charge in [-0.1, -0.05) is 18.2 Å². The summed E-state index contributed by atoms with van der Waals surface area (Å²) in [6.07, 6.45) is -0.179. The second kappa shape index (κ2) is 8.14. The van der Waals surface area contributed by atoms with Crippen LogP contribution in [0.5, 0.6) is 11.5 Å². The van der Waals surface area contributed by atoms with Crippen molar-refractivity contribution in [3.05, 3.63) is 53.3 Å². The number of carbonyl (C=O) groups excluding carboxylic acids is 2. The van der Waals surface area contributed by atoms with E-state index in [1.165, 1.54) is 45.6 Å². The van der Waals surface area contributed by atoms with E-state index in [1.807, 2.05) is 0 Å². The average Bonchev–Trinajstić information content (AvgIpc) is 2.62. The van der Waals surface area contributed by atoms with Gasteiger partial charge in [-0.25, -0.2) is 9.18 Å². The summed E-state index contributed by atoms with van der Waals surface area (Å²) in [7, 11) is 4.08. The predicted molar refractivity (Wildman–Crippen MR) is 89.6 cm³/mol. The van der Waals surface area contributed by atoms with Crippen molar-refractivity contribution in [3.63, 3.8) is 0 Å². The number of benzene rings is 2. The number of amides is 1. The van der Waals surface area contributed by atoms with E-state index in [0.29, 0.717) is 11.5 Å². The molecule has 2 aromatic rings. The average molecular weight is 347 g/mol. The van der Waals surface area contributed by atoms with Gasteiger partial charge in [0.2, 0.25) is 5.91 Å². The van der Waals surface area contributed by atoms with Gasteiger partial charge in [-0.05, 0) is 11.6 Å². The molecule has 25 heavy (non-hydrogen) atoms. The van der Waals surface area contributed by atoms with Crippen LogP contribution in [0.15, 0.2) is 36.4 Å². The first-order valence-corrected chi connectivity index (χ1v) is 7.37. The Kier molecular flexibility index (Phi) is 5.94. The zero-order valence-corrected chi connectivity index (χ0v) is 14.1. The van der Waals surface area contributed by atoms with Gasteiger partial charge in [0.25, 0.3) is 0 Å². The molecule has 0 heterocycles. The molecule has 2 aromatic carbocycles. The number of halogens is 1. The molecule has 0 unspecified atom stereocenters. The third-order valence-corrected chi connectivity index (χ3v) is 3.51. The smallest absolute Gasteiger partial charge is 0.340 e. The fourth-order valence-electron chi connectivity index (χ4n) is 2.27. The zero-order valence-electron chi connectivity index (χ0n) is 14.1. The minimum Gasteiger partial charge on any atom is -0.493 e. The number of ether oxygens (including phenoxy) is 3. The van der Waals surface area contributed by atoms with E-state index in [2.05, 4.69) is 5.32 Å². The monoisotopic (exact) mass is 347 g/mol. The largest absolute Gasteiger partial charge is 0.493 e. The highest BCUT2D eigenvalue weighted by Gasteiger charge is 2.19. The van der Waals surface area contributed by atoms with Gasteiger partial charge in [0.05, 0.1) is 39.0 Å². The number of carbonyl (C=O) groups is 2. The van der Waals surface area contributed by atoms with Gasteiger partial charge >= 0.3 is 5.97 Å². The molecule has 1 N–H and O–H groups in total. The van der Waals surface area contributed by atoms with Crippen LogP contribution in [0.1, 0.15) is 15.9 Å². The molecule has 0 bridgehead atoms. The van der Waals surface area contributed by atoms with Crippen molar-refractivity contribution in [2.24, 2.45) is 0 Å². The number of rotatable bonds is 6. The third kappa shape index (κ3) is 4.26. The third-order valence-electron chi connectivity index (χ3n) is 3.51. The van der Waals surface area contributed by atoms with Gasteiger partial charge in [-0.3, -0.25) is 4.79 Å². The van der Waals surface area contributed by atoms with Crippen molar-refractivity contribution in [2.75, 3.05) is 26.6 Å². The Hall–Kier alpha value is -3.09. The Morgan fingerprint density at radius 1 is 1.04 bits per heavy atom. The summed E-state index contributed by atoms with van der Waals surface area (Å²) in [5.74, 6) is -0.964. The quantitative estimate of drug-likeness (QED) is 0.814. The lowest BCUT2D eigenvalue weighted by Crippen LogP contribution is -2.18. The molecule has 7 heteroatoms. The molecule has 0 spiro atoms. The molecule has 0 aliphatic carbocycles. The van der Waals surface area contributed by atoms with Crippen molar-refractivity contribution in [1.82, 2.24) is 0 Å². The molecule has 0 aliphatic rings. The highest BCUT2D eigenvalue weighted by Crippen LogP contribution is 2.33. The number of hydrogen-bond acceptors (Lipinski definition) is 5. The van der Waals surface area contributed by atoms with Crippen LogP contribution >= 0.6 is 0 Å². The van der Waals surface area contributed by atoms with E-state index in [-0.39, 0.29) is 23.2 Å². The molecule has 0 atom stereocenters. The van der Waals surface area contributed by atoms with E-state index >= 15 is 0 Å². The Balaban J connectivity index is 2.32. The first-order valence-electron chi connectivity index (χ1n) is 7.37. The number of esters is 1. The SMILES string of the molecule is COC(=O)c1cc(OC)c(OC)cc1NC(=O)Cc1ccccc1F. The van der Waals surface area contributed by atoms with Gasteiger partial charge in [0, 0.05) is 12.1 Å². The standard InChI is InChI=1S/C18H18FNO5/c1-23-15-9-12(18(22)25-3)14(10-16(15)24-2)20-17(21)8-11-6-4-5-7-13(11)19/h4-7,9-10H,8H2,1-3H3,(H,20,21). The first-order chi connectivity index (χ1) is 12.0. The minimum absolute atomic E-state index is 0.0991. The Morgan fingerprint density at radius 3 is 2.28 bits per heavy atom. The number of nitrogens with one attached hydrogen (secondary N) is 1.